The lowest BCUT2D eigenvalue weighted by Crippen LogP contribution is -2.72. The van der Waals surface area contributed by atoms with Crippen molar-refractivity contribution in [3.05, 3.63) is 86.4 Å². The number of allylic oxidation sites excluding steroid dienone is 1. The Morgan fingerprint density at radius 3 is 2.76 bits per heavy atom. The molecular weight excluding hydrogens is 781 g/mol. The number of aromatic nitrogens is 1. The Balaban J connectivity index is 1.27. The van der Waals surface area contributed by atoms with Crippen LogP contribution in [0, 0.1) is 11.8 Å². The van der Waals surface area contributed by atoms with Gasteiger partial charge in [0, 0.05) is 96.7 Å². The molecule has 0 bridgehead atoms. The minimum atomic E-state index is -1.30. The van der Waals surface area contributed by atoms with Gasteiger partial charge in [0.05, 0.1) is 18.4 Å². The maximum absolute atomic E-state index is 14.4. The van der Waals surface area contributed by atoms with Gasteiger partial charge in [-0.05, 0) is 75.0 Å². The van der Waals surface area contributed by atoms with Gasteiger partial charge >= 0.3 is 11.6 Å². The summed E-state index contributed by atoms with van der Waals surface area (Å²) in [5.74, 6) is 0.127. The van der Waals surface area contributed by atoms with Crippen molar-refractivity contribution in [1.29, 1.82) is 0 Å². The molecule has 8 atom stereocenters. The van der Waals surface area contributed by atoms with Gasteiger partial charge in [-0.15, -0.1) is 0 Å². The Labute approximate surface area is 344 Å². The number of amides is 1. The number of carbonyl (C=O) groups excluding carboxylic acids is 3. The van der Waals surface area contributed by atoms with E-state index in [1.54, 1.807) is 52.9 Å². The molecule has 3 aromatic rings. The summed E-state index contributed by atoms with van der Waals surface area (Å²) in [6, 6.07) is 7.26. The summed E-state index contributed by atoms with van der Waals surface area (Å²) in [6.45, 7) is 3.88. The molecule has 1 spiro atoms. The minimum absolute atomic E-state index is 0.000798. The van der Waals surface area contributed by atoms with Crippen LogP contribution in [0.1, 0.15) is 67.7 Å². The number of aliphatic hydroxyl groups excluding tert-OH is 2. The Morgan fingerprint density at radius 2 is 2.02 bits per heavy atom. The Bertz CT molecular complexity index is 2260. The fraction of sp³-hybridized carbons (Fsp3) is 0.512. The third kappa shape index (κ3) is 6.85. The molecule has 2 aromatic heterocycles. The van der Waals surface area contributed by atoms with Crippen molar-refractivity contribution < 1.29 is 38.5 Å². The Hall–Kier alpha value is -4.15. The zero-order valence-electron chi connectivity index (χ0n) is 32.9. The summed E-state index contributed by atoms with van der Waals surface area (Å²) in [5, 5.41) is 23.3. The molecule has 308 valence electrons. The van der Waals surface area contributed by atoms with Crippen LogP contribution in [-0.2, 0) is 38.4 Å². The molecule has 5 N–H and O–H groups in total. The Kier molecular flexibility index (Phi) is 11.3. The molecule has 1 saturated heterocycles. The van der Waals surface area contributed by atoms with Crippen molar-refractivity contribution in [2.24, 2.45) is 11.8 Å². The number of ether oxygens (including phenoxy) is 2. The van der Waals surface area contributed by atoms with Crippen LogP contribution in [0.25, 0.3) is 11.0 Å². The van der Waals surface area contributed by atoms with Gasteiger partial charge in [0.15, 0.2) is 11.2 Å². The number of pyridine rings is 1. The highest BCUT2D eigenvalue weighted by atomic mass is 33.1. The monoisotopic (exact) mass is 830 g/mol. The van der Waals surface area contributed by atoms with Crippen molar-refractivity contribution in [2.45, 2.75) is 93.2 Å². The minimum Gasteiger partial charge on any atom is -0.481 e. The zero-order chi connectivity index (χ0) is 40.9. The van der Waals surface area contributed by atoms with Crippen LogP contribution in [0.2, 0.25) is 0 Å². The molecule has 1 saturated carbocycles. The van der Waals surface area contributed by atoms with Crippen LogP contribution < -0.4 is 21.4 Å². The molecule has 58 heavy (non-hydrogen) atoms. The van der Waals surface area contributed by atoms with E-state index in [9.17, 15) is 29.4 Å². The number of aldehydes is 1. The average molecular weight is 831 g/mol. The first-order valence-electron chi connectivity index (χ1n) is 20.0. The standard InChI is InChI=1S/C43H50N4O9S2/c1-4-23(8-11-49)41(53)56-42(2)9-7-25-22-57-58-34-14-29(21-50)38(45-3)31-20-47(39(31)34)36(51)15-28-19-46-35(44)16-30(28)37(25)43(42)18-27-13-26-12-24(6-5-10-48)40(52)54-32(26)17-33(27)55-43/h4,7,12-13,16-17,19,21,29,31,34,37-39,45,48-49H,5-6,8-11,14-15,18,20,22H2,1-3H3,(H2,44,46). The van der Waals surface area contributed by atoms with Crippen LogP contribution >= 0.6 is 21.6 Å². The summed E-state index contributed by atoms with van der Waals surface area (Å²) in [6.07, 6.45) is 8.70. The maximum atomic E-state index is 14.4. The summed E-state index contributed by atoms with van der Waals surface area (Å²) in [7, 11) is 5.30. The molecule has 5 aliphatic rings. The number of fused-ring (bicyclic) bond motifs is 6. The molecule has 2 fully saturated rings. The second-order valence-corrected chi connectivity index (χ2v) is 18.9. The largest absolute Gasteiger partial charge is 0.481 e. The van der Waals surface area contributed by atoms with Gasteiger partial charge in [-0.25, -0.2) is 14.6 Å². The van der Waals surface area contributed by atoms with Gasteiger partial charge in [0.2, 0.25) is 5.91 Å². The molecule has 1 aromatic carbocycles. The smallest absolute Gasteiger partial charge is 0.339 e. The number of carbonyl (C=O) groups is 3. The van der Waals surface area contributed by atoms with E-state index in [0.29, 0.717) is 77.8 Å². The first-order valence-corrected chi connectivity index (χ1v) is 22.4. The number of nitrogens with two attached hydrogens (primary N) is 1. The predicted molar refractivity (Wildman–Crippen MR) is 223 cm³/mol. The normalized spacial score (nSPS) is 30.4. The van der Waals surface area contributed by atoms with E-state index in [1.165, 1.54) is 0 Å². The number of rotatable bonds is 9. The molecule has 3 aliphatic heterocycles. The van der Waals surface area contributed by atoms with Gasteiger partial charge < -0.3 is 44.8 Å². The lowest BCUT2D eigenvalue weighted by atomic mass is 9.61. The van der Waals surface area contributed by atoms with E-state index in [4.69, 9.17) is 19.6 Å². The lowest BCUT2D eigenvalue weighted by Gasteiger charge is -2.58. The van der Waals surface area contributed by atoms with Crippen LogP contribution in [0.15, 0.2) is 63.0 Å². The van der Waals surface area contributed by atoms with Crippen molar-refractivity contribution in [3.8, 4) is 5.75 Å². The average Bonchev–Trinajstić information content (AvgIpc) is 3.56. The van der Waals surface area contributed by atoms with Gasteiger partial charge in [-0.3, -0.25) is 4.79 Å². The highest BCUT2D eigenvalue weighted by Crippen LogP contribution is 2.59. The van der Waals surface area contributed by atoms with Gasteiger partial charge in [0.1, 0.15) is 23.4 Å². The molecule has 8 unspecified atom stereocenters. The van der Waals surface area contributed by atoms with E-state index >= 15 is 0 Å². The second-order valence-electron chi connectivity index (χ2n) is 16.3. The number of aryl methyl sites for hydroxylation is 1. The van der Waals surface area contributed by atoms with Crippen LogP contribution in [0.4, 0.5) is 5.82 Å². The number of nitrogen functional groups attached to an aromatic ring is 1. The quantitative estimate of drug-likeness (QED) is 0.0603. The highest BCUT2D eigenvalue weighted by molar-refractivity contribution is 8.77. The molecule has 15 heteroatoms. The number of nitrogens with zero attached hydrogens (tertiary/aromatic N) is 2. The highest BCUT2D eigenvalue weighted by Gasteiger charge is 2.64. The first-order chi connectivity index (χ1) is 28.0. The van der Waals surface area contributed by atoms with Crippen molar-refractivity contribution in [2.75, 3.05) is 38.3 Å². The van der Waals surface area contributed by atoms with E-state index < -0.39 is 28.7 Å². The Morgan fingerprint density at radius 1 is 1.19 bits per heavy atom. The molecule has 8 rings (SSSR count). The van der Waals surface area contributed by atoms with Gasteiger partial charge in [-0.2, -0.15) is 0 Å². The van der Waals surface area contributed by atoms with Crippen LogP contribution in [0.5, 0.6) is 5.75 Å². The number of benzene rings is 1. The van der Waals surface area contributed by atoms with E-state index in [-0.39, 0.29) is 66.9 Å². The molecule has 0 radical (unpaired) electrons. The first kappa shape index (κ1) is 40.6. The summed E-state index contributed by atoms with van der Waals surface area (Å²) in [4.78, 5) is 60.2. The summed E-state index contributed by atoms with van der Waals surface area (Å²) in [5.41, 5.74) is 7.83. The number of nitrogens with one attached hydrogen (secondary N) is 1. The fourth-order valence-corrected chi connectivity index (χ4v) is 13.3. The molecular formula is C43H50N4O9S2. The number of anilines is 1. The molecule has 13 nitrogen and oxygen atoms in total. The van der Waals surface area contributed by atoms with E-state index in [2.05, 4.69) is 16.4 Å². The molecule has 2 aliphatic carbocycles. The number of aliphatic hydroxyl groups is 2. The fourth-order valence-electron chi connectivity index (χ4n) is 10.1. The molecule has 1 amide bonds. The zero-order valence-corrected chi connectivity index (χ0v) is 34.5. The topological polar surface area (TPSA) is 195 Å². The number of hydrogen-bond donors (Lipinski definition) is 4. The number of hydrogen-bond acceptors (Lipinski definition) is 14. The number of esters is 1. The van der Waals surface area contributed by atoms with E-state index in [1.807, 2.05) is 31.0 Å². The summed E-state index contributed by atoms with van der Waals surface area (Å²) < 4.78 is 19.7. The third-order valence-electron chi connectivity index (χ3n) is 13.1. The van der Waals surface area contributed by atoms with Gasteiger partial charge in [0.25, 0.3) is 0 Å². The van der Waals surface area contributed by atoms with Crippen LogP contribution in [0.3, 0.4) is 0 Å². The van der Waals surface area contributed by atoms with Crippen molar-refractivity contribution in [1.82, 2.24) is 15.2 Å². The van der Waals surface area contributed by atoms with Crippen molar-refractivity contribution in [3.63, 3.8) is 0 Å². The predicted octanol–water partition coefficient (Wildman–Crippen LogP) is 4.05. The van der Waals surface area contributed by atoms with Gasteiger partial charge in [-0.1, -0.05) is 39.3 Å². The molecule has 5 heterocycles. The summed E-state index contributed by atoms with van der Waals surface area (Å²) >= 11 is 0. The third-order valence-corrected chi connectivity index (χ3v) is 15.9. The van der Waals surface area contributed by atoms with Crippen LogP contribution in [-0.4, -0.2) is 99.4 Å². The SMILES string of the molecule is CC=C(CCO)C(=O)OC1(C)CC=C2CSSC3CC(C=O)C(NC)C4CN(C(=O)Cc5cnc(N)cc5C2C12Cc1cc5cc(CCCO)c(=O)oc5cc1O2)C34. The van der Waals surface area contributed by atoms with E-state index in [0.717, 1.165) is 23.0 Å². The second kappa shape index (κ2) is 16.1. The van der Waals surface area contributed by atoms with Crippen molar-refractivity contribution >= 4 is 56.5 Å². The lowest BCUT2D eigenvalue weighted by molar-refractivity contribution is -0.183. The maximum Gasteiger partial charge on any atom is 0.339 e.